The maximum absolute atomic E-state index is 12.3. The predicted octanol–water partition coefficient (Wildman–Crippen LogP) is 3.34. The lowest BCUT2D eigenvalue weighted by molar-refractivity contribution is -0.130. The quantitative estimate of drug-likeness (QED) is 0.831. The molecule has 1 amide bonds. The summed E-state index contributed by atoms with van der Waals surface area (Å²) in [4.78, 5) is 15.3. The van der Waals surface area contributed by atoms with Crippen molar-refractivity contribution in [2.24, 2.45) is 0 Å². The van der Waals surface area contributed by atoms with Crippen LogP contribution in [0.3, 0.4) is 0 Å². The average Bonchev–Trinajstić information content (AvgIpc) is 2.84. The Hall–Kier alpha value is -1.75. The minimum Gasteiger partial charge on any atom is -0.341 e. The highest BCUT2D eigenvalue weighted by Crippen LogP contribution is 2.17. The Morgan fingerprint density at radius 3 is 2.77 bits per heavy atom. The third-order valence-corrected chi connectivity index (χ3v) is 4.63. The van der Waals surface area contributed by atoms with Crippen LogP contribution in [0.25, 0.3) is 0 Å². The first-order chi connectivity index (χ1) is 10.5. The molecule has 118 valence electrons. The highest BCUT2D eigenvalue weighted by Gasteiger charge is 2.12. The highest BCUT2D eigenvalue weighted by molar-refractivity contribution is 7.98. The topological polar surface area (TPSA) is 49.0 Å². The summed E-state index contributed by atoms with van der Waals surface area (Å²) >= 11 is 1.71. The first-order valence-corrected chi connectivity index (χ1v) is 8.61. The minimum atomic E-state index is 0.148. The Balaban J connectivity index is 1.90. The van der Waals surface area contributed by atoms with Crippen LogP contribution in [-0.2, 0) is 17.8 Å². The van der Waals surface area contributed by atoms with Crippen molar-refractivity contribution in [1.29, 1.82) is 0 Å². The van der Waals surface area contributed by atoms with E-state index in [1.807, 2.05) is 27.0 Å². The van der Waals surface area contributed by atoms with E-state index in [1.165, 1.54) is 4.90 Å². The van der Waals surface area contributed by atoms with Crippen LogP contribution in [0, 0.1) is 13.8 Å². The second-order valence-corrected chi connectivity index (χ2v) is 6.40. The Labute approximate surface area is 136 Å². The number of thioether (sulfide) groups is 1. The molecule has 0 saturated heterocycles. The van der Waals surface area contributed by atoms with Crippen LogP contribution in [0.4, 0.5) is 0 Å². The van der Waals surface area contributed by atoms with E-state index >= 15 is 0 Å². The Morgan fingerprint density at radius 1 is 1.36 bits per heavy atom. The van der Waals surface area contributed by atoms with Gasteiger partial charge in [0.05, 0.1) is 5.69 Å². The number of aromatic amines is 1. The molecule has 1 heterocycles. The molecule has 1 N–H and O–H groups in total. The molecule has 0 aliphatic rings. The van der Waals surface area contributed by atoms with Crippen molar-refractivity contribution in [1.82, 2.24) is 15.1 Å². The van der Waals surface area contributed by atoms with Gasteiger partial charge in [-0.15, -0.1) is 11.8 Å². The number of nitrogens with one attached hydrogen (secondary N) is 1. The van der Waals surface area contributed by atoms with E-state index in [4.69, 9.17) is 0 Å². The van der Waals surface area contributed by atoms with E-state index in [0.29, 0.717) is 19.4 Å². The van der Waals surface area contributed by atoms with Gasteiger partial charge in [0.1, 0.15) is 0 Å². The molecule has 0 atom stereocenters. The fraction of sp³-hybridized carbons (Fsp3) is 0.412. The van der Waals surface area contributed by atoms with Crippen LogP contribution in [0.2, 0.25) is 0 Å². The number of hydrogen-bond acceptors (Lipinski definition) is 3. The molecule has 2 aromatic rings. The number of hydrogen-bond donors (Lipinski definition) is 1. The number of carbonyl (C=O) groups excluding carboxylic acids is 1. The molecule has 2 rings (SSSR count). The third-order valence-electron chi connectivity index (χ3n) is 3.91. The van der Waals surface area contributed by atoms with Crippen molar-refractivity contribution >= 4 is 17.7 Å². The Kier molecular flexibility index (Phi) is 5.66. The predicted molar refractivity (Wildman–Crippen MR) is 91.1 cm³/mol. The number of rotatable bonds is 6. The van der Waals surface area contributed by atoms with E-state index in [0.717, 1.165) is 22.5 Å². The zero-order valence-electron chi connectivity index (χ0n) is 13.6. The molecule has 0 aliphatic carbocycles. The van der Waals surface area contributed by atoms with E-state index in [1.54, 1.807) is 16.7 Å². The molecule has 0 spiro atoms. The number of aryl methyl sites for hydroxylation is 2. The second kappa shape index (κ2) is 7.49. The van der Waals surface area contributed by atoms with Gasteiger partial charge in [-0.1, -0.05) is 12.1 Å². The van der Waals surface area contributed by atoms with Crippen molar-refractivity contribution in [3.63, 3.8) is 0 Å². The van der Waals surface area contributed by atoms with E-state index in [9.17, 15) is 4.79 Å². The van der Waals surface area contributed by atoms with Gasteiger partial charge in [-0.05, 0) is 43.4 Å². The highest BCUT2D eigenvalue weighted by atomic mass is 32.2. The van der Waals surface area contributed by atoms with Crippen LogP contribution in [0.5, 0.6) is 0 Å². The van der Waals surface area contributed by atoms with Crippen molar-refractivity contribution in [3.05, 3.63) is 46.8 Å². The fourth-order valence-corrected chi connectivity index (χ4v) is 2.81. The number of H-pyrrole nitrogens is 1. The average molecular weight is 317 g/mol. The van der Waals surface area contributed by atoms with Gasteiger partial charge in [0.15, 0.2) is 0 Å². The first-order valence-electron chi connectivity index (χ1n) is 7.38. The summed E-state index contributed by atoms with van der Waals surface area (Å²) in [6.45, 7) is 4.68. The van der Waals surface area contributed by atoms with Crippen LogP contribution in [-0.4, -0.2) is 34.3 Å². The van der Waals surface area contributed by atoms with Gasteiger partial charge in [0.25, 0.3) is 0 Å². The lowest BCUT2D eigenvalue weighted by Gasteiger charge is -2.17. The molecule has 0 saturated carbocycles. The number of amides is 1. The lowest BCUT2D eigenvalue weighted by Crippen LogP contribution is -2.26. The largest absolute Gasteiger partial charge is 0.341 e. The fourth-order valence-electron chi connectivity index (χ4n) is 2.33. The van der Waals surface area contributed by atoms with Crippen LogP contribution < -0.4 is 0 Å². The van der Waals surface area contributed by atoms with Crippen molar-refractivity contribution < 1.29 is 4.79 Å². The van der Waals surface area contributed by atoms with Crippen LogP contribution >= 0.6 is 11.8 Å². The van der Waals surface area contributed by atoms with Crippen LogP contribution in [0.1, 0.15) is 28.9 Å². The van der Waals surface area contributed by atoms with E-state index < -0.39 is 0 Å². The second-order valence-electron chi connectivity index (χ2n) is 5.52. The Morgan fingerprint density at radius 2 is 2.14 bits per heavy atom. The van der Waals surface area contributed by atoms with Gasteiger partial charge in [-0.3, -0.25) is 9.89 Å². The minimum absolute atomic E-state index is 0.148. The van der Waals surface area contributed by atoms with Gasteiger partial charge >= 0.3 is 0 Å². The summed E-state index contributed by atoms with van der Waals surface area (Å²) in [5.74, 6) is 0.148. The van der Waals surface area contributed by atoms with Gasteiger partial charge in [0.2, 0.25) is 5.91 Å². The van der Waals surface area contributed by atoms with Crippen molar-refractivity contribution in [3.8, 4) is 0 Å². The van der Waals surface area contributed by atoms with Gasteiger partial charge < -0.3 is 4.90 Å². The van der Waals surface area contributed by atoms with E-state index in [2.05, 4.69) is 34.7 Å². The zero-order valence-corrected chi connectivity index (χ0v) is 14.5. The molecular weight excluding hydrogens is 294 g/mol. The maximum Gasteiger partial charge on any atom is 0.223 e. The summed E-state index contributed by atoms with van der Waals surface area (Å²) in [6, 6.07) is 8.31. The zero-order chi connectivity index (χ0) is 16.1. The molecule has 4 nitrogen and oxygen atoms in total. The number of benzene rings is 1. The maximum atomic E-state index is 12.3. The molecule has 0 aliphatic heterocycles. The number of aromatic nitrogens is 2. The standard InChI is InChI=1S/C17H23N3OS/c1-12-13(2)18-19-16(12)8-9-17(21)20(3)11-14-6-5-7-15(10-14)22-4/h5-7,10H,8-9,11H2,1-4H3,(H,18,19). The van der Waals surface area contributed by atoms with Crippen molar-refractivity contribution in [2.75, 3.05) is 13.3 Å². The number of nitrogens with zero attached hydrogens (tertiary/aromatic N) is 2. The molecule has 1 aromatic carbocycles. The normalized spacial score (nSPS) is 10.7. The van der Waals surface area contributed by atoms with Crippen molar-refractivity contribution in [2.45, 2.75) is 38.1 Å². The summed E-state index contributed by atoms with van der Waals surface area (Å²) < 4.78 is 0. The molecule has 0 radical (unpaired) electrons. The molecule has 0 unspecified atom stereocenters. The molecule has 5 heteroatoms. The molecule has 22 heavy (non-hydrogen) atoms. The summed E-state index contributed by atoms with van der Waals surface area (Å²) in [5.41, 5.74) is 4.38. The third kappa shape index (κ3) is 4.13. The number of carbonyl (C=O) groups is 1. The SMILES string of the molecule is CSc1cccc(CN(C)C(=O)CCc2n[nH]c(C)c2C)c1. The molecular formula is C17H23N3OS. The van der Waals surface area contributed by atoms with Gasteiger partial charge in [-0.2, -0.15) is 5.10 Å². The lowest BCUT2D eigenvalue weighted by atomic mass is 10.1. The van der Waals surface area contributed by atoms with E-state index in [-0.39, 0.29) is 5.91 Å². The van der Waals surface area contributed by atoms with Crippen LogP contribution in [0.15, 0.2) is 29.2 Å². The summed E-state index contributed by atoms with van der Waals surface area (Å²) in [7, 11) is 1.86. The Bertz CT molecular complexity index is 651. The monoisotopic (exact) mass is 317 g/mol. The van der Waals surface area contributed by atoms with Gasteiger partial charge in [0, 0.05) is 37.0 Å². The molecule has 1 aromatic heterocycles. The molecule has 0 fully saturated rings. The van der Waals surface area contributed by atoms with Gasteiger partial charge in [-0.25, -0.2) is 0 Å². The summed E-state index contributed by atoms with van der Waals surface area (Å²) in [5, 5.41) is 7.22. The summed E-state index contributed by atoms with van der Waals surface area (Å²) in [6.07, 6.45) is 3.23. The first kappa shape index (κ1) is 16.6. The smallest absolute Gasteiger partial charge is 0.223 e. The molecule has 0 bridgehead atoms.